The Morgan fingerprint density at radius 2 is 1.85 bits per heavy atom. The number of hydrogen-bond acceptors (Lipinski definition) is 4. The van der Waals surface area contributed by atoms with Crippen LogP contribution in [0.5, 0.6) is 11.5 Å². The number of benzene rings is 1. The van der Waals surface area contributed by atoms with Crippen molar-refractivity contribution in [2.24, 2.45) is 0 Å². The second-order valence-electron chi connectivity index (χ2n) is 4.37. The summed E-state index contributed by atoms with van der Waals surface area (Å²) in [5, 5.41) is 3.31. The molecule has 4 nitrogen and oxygen atoms in total. The number of ether oxygens (including phenoxy) is 2. The number of methoxy groups -OCH3 is 1. The van der Waals surface area contributed by atoms with E-state index in [1.165, 1.54) is 0 Å². The second-order valence-corrected chi connectivity index (χ2v) is 4.37. The van der Waals surface area contributed by atoms with E-state index in [-0.39, 0.29) is 0 Å². The average Bonchev–Trinajstić information content (AvgIpc) is 2.94. The van der Waals surface area contributed by atoms with E-state index in [0.29, 0.717) is 13.2 Å². The molecule has 2 aromatic rings. The van der Waals surface area contributed by atoms with E-state index in [9.17, 15) is 0 Å². The molecule has 0 unspecified atom stereocenters. The van der Waals surface area contributed by atoms with Gasteiger partial charge in [-0.05, 0) is 31.2 Å². The van der Waals surface area contributed by atoms with Gasteiger partial charge in [0.05, 0.1) is 20.3 Å². The number of nitrogens with one attached hydrogen (secondary N) is 1. The number of anilines is 1. The van der Waals surface area contributed by atoms with Crippen molar-refractivity contribution in [2.75, 3.05) is 19.0 Å². The zero-order chi connectivity index (χ0) is 14.4. The molecule has 0 saturated heterocycles. The highest BCUT2D eigenvalue weighted by Gasteiger charge is 2.06. The van der Waals surface area contributed by atoms with Gasteiger partial charge in [-0.25, -0.2) is 0 Å². The lowest BCUT2D eigenvalue weighted by atomic mass is 10.2. The fourth-order valence-electron chi connectivity index (χ4n) is 1.95. The Hall–Kier alpha value is -2.10. The lowest BCUT2D eigenvalue weighted by molar-refractivity contribution is 0.311. The monoisotopic (exact) mass is 275 g/mol. The van der Waals surface area contributed by atoms with Gasteiger partial charge in [0.2, 0.25) is 0 Å². The smallest absolute Gasteiger partial charge is 0.162 e. The zero-order valence-electron chi connectivity index (χ0n) is 12.2. The normalized spacial score (nSPS) is 10.3. The SMILES string of the molecule is CCOc1ccc(NCc2ccc(CC)o2)cc1OC. The summed E-state index contributed by atoms with van der Waals surface area (Å²) in [6, 6.07) is 9.81. The van der Waals surface area contributed by atoms with Gasteiger partial charge in [-0.15, -0.1) is 0 Å². The number of hydrogen-bond donors (Lipinski definition) is 1. The van der Waals surface area contributed by atoms with Crippen LogP contribution >= 0.6 is 0 Å². The summed E-state index contributed by atoms with van der Waals surface area (Å²) >= 11 is 0. The molecule has 0 spiro atoms. The summed E-state index contributed by atoms with van der Waals surface area (Å²) in [5.74, 6) is 3.41. The van der Waals surface area contributed by atoms with Crippen LogP contribution in [0, 0.1) is 0 Å². The van der Waals surface area contributed by atoms with Crippen LogP contribution < -0.4 is 14.8 Å². The van der Waals surface area contributed by atoms with Gasteiger partial charge in [0.25, 0.3) is 0 Å². The van der Waals surface area contributed by atoms with Crippen LogP contribution in [-0.4, -0.2) is 13.7 Å². The summed E-state index contributed by atoms with van der Waals surface area (Å²) < 4.78 is 16.5. The minimum atomic E-state index is 0.620. The van der Waals surface area contributed by atoms with Crippen LogP contribution in [0.2, 0.25) is 0 Å². The standard InChI is InChI=1S/C16H21NO3/c1-4-13-7-8-14(20-13)11-17-12-6-9-15(19-5-2)16(10-12)18-3/h6-10,17H,4-5,11H2,1-3H3. The molecule has 1 aromatic heterocycles. The first kappa shape index (κ1) is 14.3. The van der Waals surface area contributed by atoms with E-state index in [1.54, 1.807) is 7.11 Å². The van der Waals surface area contributed by atoms with Crippen molar-refractivity contribution in [1.29, 1.82) is 0 Å². The van der Waals surface area contributed by atoms with Gasteiger partial charge in [-0.3, -0.25) is 0 Å². The molecule has 0 aliphatic carbocycles. The Morgan fingerprint density at radius 3 is 2.50 bits per heavy atom. The number of furan rings is 1. The molecule has 0 aliphatic heterocycles. The van der Waals surface area contributed by atoms with Gasteiger partial charge >= 0.3 is 0 Å². The topological polar surface area (TPSA) is 43.6 Å². The molecule has 0 aliphatic rings. The zero-order valence-corrected chi connectivity index (χ0v) is 12.2. The molecule has 4 heteroatoms. The fraction of sp³-hybridized carbons (Fsp3) is 0.375. The quantitative estimate of drug-likeness (QED) is 0.833. The van der Waals surface area contributed by atoms with Gasteiger partial charge < -0.3 is 19.2 Å². The minimum Gasteiger partial charge on any atom is -0.493 e. The maximum Gasteiger partial charge on any atom is 0.162 e. The second kappa shape index (κ2) is 6.89. The van der Waals surface area contributed by atoms with Gasteiger partial charge in [0.1, 0.15) is 11.5 Å². The first-order valence-corrected chi connectivity index (χ1v) is 6.89. The molecular weight excluding hydrogens is 254 g/mol. The van der Waals surface area contributed by atoms with Crippen LogP contribution in [0.4, 0.5) is 5.69 Å². The predicted molar refractivity (Wildman–Crippen MR) is 79.6 cm³/mol. The third-order valence-electron chi connectivity index (χ3n) is 3.00. The number of rotatable bonds is 7. The summed E-state index contributed by atoms with van der Waals surface area (Å²) in [6.07, 6.45) is 0.914. The van der Waals surface area contributed by atoms with Crippen LogP contribution in [0.25, 0.3) is 0 Å². The summed E-state index contributed by atoms with van der Waals surface area (Å²) in [6.45, 7) is 5.30. The summed E-state index contributed by atoms with van der Waals surface area (Å²) in [5.41, 5.74) is 0.972. The summed E-state index contributed by atoms with van der Waals surface area (Å²) in [4.78, 5) is 0. The molecule has 1 N–H and O–H groups in total. The highest BCUT2D eigenvalue weighted by molar-refractivity contribution is 5.54. The van der Waals surface area contributed by atoms with Crippen molar-refractivity contribution >= 4 is 5.69 Å². The van der Waals surface area contributed by atoms with E-state index in [0.717, 1.165) is 35.1 Å². The fourth-order valence-corrected chi connectivity index (χ4v) is 1.95. The van der Waals surface area contributed by atoms with Crippen molar-refractivity contribution in [2.45, 2.75) is 26.8 Å². The minimum absolute atomic E-state index is 0.620. The molecule has 1 aromatic carbocycles. The van der Waals surface area contributed by atoms with Crippen molar-refractivity contribution in [3.63, 3.8) is 0 Å². The molecule has 0 fully saturated rings. The Kier molecular flexibility index (Phi) is 4.93. The van der Waals surface area contributed by atoms with Crippen LogP contribution in [-0.2, 0) is 13.0 Å². The van der Waals surface area contributed by atoms with E-state index in [1.807, 2.05) is 37.3 Å². The molecule has 2 rings (SSSR count). The first-order chi connectivity index (χ1) is 9.76. The predicted octanol–water partition coefficient (Wildman–Crippen LogP) is 3.86. The molecule has 20 heavy (non-hydrogen) atoms. The van der Waals surface area contributed by atoms with Crippen molar-refractivity contribution in [1.82, 2.24) is 0 Å². The van der Waals surface area contributed by atoms with E-state index in [4.69, 9.17) is 13.9 Å². The Balaban J connectivity index is 2.02. The third kappa shape index (κ3) is 3.47. The summed E-state index contributed by atoms with van der Waals surface area (Å²) in [7, 11) is 1.64. The highest BCUT2D eigenvalue weighted by atomic mass is 16.5. The van der Waals surface area contributed by atoms with E-state index in [2.05, 4.69) is 12.2 Å². The van der Waals surface area contributed by atoms with Gasteiger partial charge in [-0.2, -0.15) is 0 Å². The number of aryl methyl sites for hydroxylation is 1. The Labute approximate surface area is 119 Å². The lowest BCUT2D eigenvalue weighted by Crippen LogP contribution is -2.00. The molecule has 0 radical (unpaired) electrons. The Bertz CT molecular complexity index is 548. The molecule has 0 bridgehead atoms. The first-order valence-electron chi connectivity index (χ1n) is 6.89. The molecule has 0 amide bonds. The van der Waals surface area contributed by atoms with Gasteiger partial charge in [-0.1, -0.05) is 6.92 Å². The van der Waals surface area contributed by atoms with Crippen molar-refractivity contribution in [3.05, 3.63) is 41.9 Å². The largest absolute Gasteiger partial charge is 0.493 e. The van der Waals surface area contributed by atoms with Crippen LogP contribution in [0.3, 0.4) is 0 Å². The average molecular weight is 275 g/mol. The molecule has 108 valence electrons. The maximum atomic E-state index is 5.65. The third-order valence-corrected chi connectivity index (χ3v) is 3.00. The van der Waals surface area contributed by atoms with Crippen molar-refractivity contribution in [3.8, 4) is 11.5 Å². The van der Waals surface area contributed by atoms with Gasteiger partial charge in [0.15, 0.2) is 11.5 Å². The van der Waals surface area contributed by atoms with Crippen molar-refractivity contribution < 1.29 is 13.9 Å². The van der Waals surface area contributed by atoms with E-state index >= 15 is 0 Å². The van der Waals surface area contributed by atoms with Crippen LogP contribution in [0.1, 0.15) is 25.4 Å². The molecular formula is C16H21NO3. The van der Waals surface area contributed by atoms with E-state index < -0.39 is 0 Å². The Morgan fingerprint density at radius 1 is 1.05 bits per heavy atom. The van der Waals surface area contributed by atoms with Gasteiger partial charge in [0, 0.05) is 18.2 Å². The lowest BCUT2D eigenvalue weighted by Gasteiger charge is -2.11. The molecule has 0 atom stereocenters. The van der Waals surface area contributed by atoms with Crippen LogP contribution in [0.15, 0.2) is 34.7 Å². The molecule has 0 saturated carbocycles. The highest BCUT2D eigenvalue weighted by Crippen LogP contribution is 2.30. The maximum absolute atomic E-state index is 5.65. The molecule has 1 heterocycles.